The average Bonchev–Trinajstić information content (AvgIpc) is 2.16. The second-order valence-electron chi connectivity index (χ2n) is 3.80. The van der Waals surface area contributed by atoms with Gasteiger partial charge < -0.3 is 5.11 Å². The molecule has 0 saturated carbocycles. The average molecular weight is 273 g/mol. The highest BCUT2D eigenvalue weighted by atomic mass is 79.9. The van der Waals surface area contributed by atoms with Crippen LogP contribution in [0.25, 0.3) is 0 Å². The first-order chi connectivity index (χ1) is 7.08. The van der Waals surface area contributed by atoms with E-state index in [1.54, 1.807) is 0 Å². The fraction of sp³-hybridized carbons (Fsp3) is 0.364. The van der Waals surface area contributed by atoms with Crippen LogP contribution in [0.3, 0.4) is 0 Å². The molecule has 1 aromatic rings. The summed E-state index contributed by atoms with van der Waals surface area (Å²) < 4.78 is 14.3. The van der Waals surface area contributed by atoms with E-state index in [1.165, 1.54) is 6.07 Å². The van der Waals surface area contributed by atoms with E-state index in [0.29, 0.717) is 29.3 Å². The summed E-state index contributed by atoms with van der Waals surface area (Å²) in [6.45, 7) is 0. The van der Waals surface area contributed by atoms with Crippen molar-refractivity contribution in [3.8, 4) is 0 Å². The van der Waals surface area contributed by atoms with E-state index in [1.807, 2.05) is 6.07 Å². The molecular formula is C11H10BrFO2. The lowest BCUT2D eigenvalue weighted by Gasteiger charge is -2.22. The zero-order valence-electron chi connectivity index (χ0n) is 7.96. The van der Waals surface area contributed by atoms with Crippen LogP contribution in [0.5, 0.6) is 0 Å². The lowest BCUT2D eigenvalue weighted by molar-refractivity contribution is -0.142. The molecule has 1 unspecified atom stereocenters. The Kier molecular flexibility index (Phi) is 2.78. The third-order valence-corrected chi connectivity index (χ3v) is 3.27. The van der Waals surface area contributed by atoms with E-state index in [0.717, 1.165) is 5.56 Å². The topological polar surface area (TPSA) is 37.3 Å². The minimum Gasteiger partial charge on any atom is -0.481 e. The minimum atomic E-state index is -0.831. The van der Waals surface area contributed by atoms with E-state index in [4.69, 9.17) is 5.11 Å². The number of hydrogen-bond acceptors (Lipinski definition) is 1. The van der Waals surface area contributed by atoms with Gasteiger partial charge in [0.1, 0.15) is 5.82 Å². The molecule has 4 heteroatoms. The molecule has 0 aliphatic heterocycles. The van der Waals surface area contributed by atoms with Gasteiger partial charge in [0.2, 0.25) is 0 Å². The minimum absolute atomic E-state index is 0.301. The molecule has 2 nitrogen and oxygen atoms in total. The van der Waals surface area contributed by atoms with Gasteiger partial charge in [0.15, 0.2) is 0 Å². The summed E-state index contributed by atoms with van der Waals surface area (Å²) >= 11 is 3.23. The van der Waals surface area contributed by atoms with Gasteiger partial charge in [0.25, 0.3) is 0 Å². The van der Waals surface area contributed by atoms with Crippen LogP contribution in [0.2, 0.25) is 0 Å². The van der Waals surface area contributed by atoms with Crippen molar-refractivity contribution in [3.05, 3.63) is 33.5 Å². The molecule has 1 N–H and O–H groups in total. The summed E-state index contributed by atoms with van der Waals surface area (Å²) in [5.74, 6) is -1.57. The summed E-state index contributed by atoms with van der Waals surface area (Å²) in [6.07, 6.45) is 1.55. The number of carbonyl (C=O) groups is 1. The molecule has 0 spiro atoms. The molecule has 0 saturated heterocycles. The maximum atomic E-state index is 13.5. The number of aliphatic carboxylic acids is 1. The number of carboxylic acids is 1. The van der Waals surface area contributed by atoms with Crippen molar-refractivity contribution in [2.75, 3.05) is 0 Å². The molecule has 80 valence electrons. The largest absolute Gasteiger partial charge is 0.481 e. The normalized spacial score (nSPS) is 19.7. The molecular weight excluding hydrogens is 263 g/mol. The lowest BCUT2D eigenvalue weighted by atomic mass is 9.84. The number of fused-ring (bicyclic) bond motifs is 1. The summed E-state index contributed by atoms with van der Waals surface area (Å²) in [7, 11) is 0. The third kappa shape index (κ3) is 2.04. The van der Waals surface area contributed by atoms with Crippen molar-refractivity contribution in [1.82, 2.24) is 0 Å². The van der Waals surface area contributed by atoms with Gasteiger partial charge in [0.05, 0.1) is 5.92 Å². The van der Waals surface area contributed by atoms with Crippen LogP contribution >= 0.6 is 15.9 Å². The van der Waals surface area contributed by atoms with Crippen molar-refractivity contribution < 1.29 is 14.3 Å². The van der Waals surface area contributed by atoms with Gasteiger partial charge >= 0.3 is 5.97 Å². The summed E-state index contributed by atoms with van der Waals surface area (Å²) in [5, 5.41) is 8.88. The third-order valence-electron chi connectivity index (χ3n) is 2.81. The Morgan fingerprint density at radius 1 is 1.53 bits per heavy atom. The number of halogens is 2. The van der Waals surface area contributed by atoms with Crippen LogP contribution in [0.1, 0.15) is 17.5 Å². The van der Waals surface area contributed by atoms with E-state index < -0.39 is 11.9 Å². The fourth-order valence-corrected chi connectivity index (χ4v) is 2.47. The molecule has 0 radical (unpaired) electrons. The maximum absolute atomic E-state index is 13.5. The van der Waals surface area contributed by atoms with E-state index in [9.17, 15) is 9.18 Å². The highest BCUT2D eigenvalue weighted by molar-refractivity contribution is 9.10. The molecule has 1 atom stereocenters. The zero-order chi connectivity index (χ0) is 11.0. The van der Waals surface area contributed by atoms with Crippen LogP contribution in [0.15, 0.2) is 16.6 Å². The molecule has 15 heavy (non-hydrogen) atoms. The first kappa shape index (κ1) is 10.6. The van der Waals surface area contributed by atoms with Gasteiger partial charge in [-0.15, -0.1) is 0 Å². The van der Waals surface area contributed by atoms with E-state index in [-0.39, 0.29) is 5.82 Å². The highest BCUT2D eigenvalue weighted by Crippen LogP contribution is 2.30. The second kappa shape index (κ2) is 3.93. The van der Waals surface area contributed by atoms with Crippen LogP contribution in [0, 0.1) is 11.7 Å². The van der Waals surface area contributed by atoms with Gasteiger partial charge in [0, 0.05) is 4.47 Å². The van der Waals surface area contributed by atoms with Crippen LogP contribution in [-0.2, 0) is 17.6 Å². The molecule has 0 fully saturated rings. The van der Waals surface area contributed by atoms with Crippen LogP contribution < -0.4 is 0 Å². The first-order valence-corrected chi connectivity index (χ1v) is 5.57. The quantitative estimate of drug-likeness (QED) is 0.854. The Hall–Kier alpha value is -0.900. The van der Waals surface area contributed by atoms with E-state index in [2.05, 4.69) is 15.9 Å². The van der Waals surface area contributed by atoms with Crippen molar-refractivity contribution in [2.45, 2.75) is 19.3 Å². The van der Waals surface area contributed by atoms with Crippen molar-refractivity contribution in [3.63, 3.8) is 0 Å². The number of benzene rings is 1. The van der Waals surface area contributed by atoms with Gasteiger partial charge in [-0.05, 0) is 42.5 Å². The van der Waals surface area contributed by atoms with E-state index >= 15 is 0 Å². The molecule has 0 heterocycles. The number of hydrogen-bond donors (Lipinski definition) is 1. The van der Waals surface area contributed by atoms with Crippen molar-refractivity contribution in [2.24, 2.45) is 5.92 Å². The first-order valence-electron chi connectivity index (χ1n) is 4.77. The Bertz CT molecular complexity index is 417. The second-order valence-corrected chi connectivity index (χ2v) is 4.72. The Labute approximate surface area is 95.2 Å². The maximum Gasteiger partial charge on any atom is 0.306 e. The predicted molar refractivity (Wildman–Crippen MR) is 57.3 cm³/mol. The SMILES string of the molecule is O=C(O)C1CCc2cc(Br)cc(F)c2C1. The Morgan fingerprint density at radius 3 is 2.93 bits per heavy atom. The monoisotopic (exact) mass is 272 g/mol. The Morgan fingerprint density at radius 2 is 2.27 bits per heavy atom. The molecule has 0 amide bonds. The lowest BCUT2D eigenvalue weighted by Crippen LogP contribution is -2.23. The Balaban J connectivity index is 2.37. The van der Waals surface area contributed by atoms with Gasteiger partial charge in [-0.1, -0.05) is 15.9 Å². The highest BCUT2D eigenvalue weighted by Gasteiger charge is 2.26. The summed E-state index contributed by atoms with van der Waals surface area (Å²) in [5.41, 5.74) is 1.50. The van der Waals surface area contributed by atoms with Gasteiger partial charge in [-0.2, -0.15) is 0 Å². The molecule has 0 aromatic heterocycles. The molecule has 0 bridgehead atoms. The smallest absolute Gasteiger partial charge is 0.306 e. The van der Waals surface area contributed by atoms with Gasteiger partial charge in [-0.25, -0.2) is 4.39 Å². The molecule has 1 aliphatic rings. The molecule has 1 aromatic carbocycles. The number of carboxylic acid groups (broad SMARTS) is 1. The number of rotatable bonds is 1. The zero-order valence-corrected chi connectivity index (χ0v) is 9.55. The van der Waals surface area contributed by atoms with Crippen LogP contribution in [-0.4, -0.2) is 11.1 Å². The van der Waals surface area contributed by atoms with Crippen molar-refractivity contribution in [1.29, 1.82) is 0 Å². The summed E-state index contributed by atoms with van der Waals surface area (Å²) in [6, 6.07) is 3.26. The fourth-order valence-electron chi connectivity index (χ4n) is 2.00. The number of aryl methyl sites for hydroxylation is 1. The van der Waals surface area contributed by atoms with Crippen molar-refractivity contribution >= 4 is 21.9 Å². The summed E-state index contributed by atoms with van der Waals surface area (Å²) in [4.78, 5) is 10.8. The van der Waals surface area contributed by atoms with Crippen LogP contribution in [0.4, 0.5) is 4.39 Å². The molecule has 1 aliphatic carbocycles. The molecule has 2 rings (SSSR count). The predicted octanol–water partition coefficient (Wildman–Crippen LogP) is 2.78. The standard InChI is InChI=1S/C11H10BrFO2/c12-8-3-6-1-2-7(11(14)15)4-9(6)10(13)5-8/h3,5,7H,1-2,4H2,(H,14,15). The van der Waals surface area contributed by atoms with Gasteiger partial charge in [-0.3, -0.25) is 4.79 Å².